The zero-order chi connectivity index (χ0) is 26.5. The molecule has 0 radical (unpaired) electrons. The number of hydrogen-bond acceptors (Lipinski definition) is 1. The van der Waals surface area contributed by atoms with Crippen molar-refractivity contribution in [3.05, 3.63) is 65.2 Å². The molecule has 0 atom stereocenters. The third kappa shape index (κ3) is 7.70. The third-order valence-corrected chi connectivity index (χ3v) is 8.71. The van der Waals surface area contributed by atoms with Crippen molar-refractivity contribution in [3.8, 4) is 5.75 Å². The summed E-state index contributed by atoms with van der Waals surface area (Å²) in [6.45, 7) is 2.29. The van der Waals surface area contributed by atoms with Gasteiger partial charge in [0.2, 0.25) is 0 Å². The van der Waals surface area contributed by atoms with Gasteiger partial charge in [-0.3, -0.25) is 0 Å². The lowest BCUT2D eigenvalue weighted by molar-refractivity contribution is -0.185. The highest BCUT2D eigenvalue weighted by molar-refractivity contribution is 5.31. The van der Waals surface area contributed by atoms with Crippen LogP contribution in [0.1, 0.15) is 94.2 Å². The van der Waals surface area contributed by atoms with Gasteiger partial charge in [0.25, 0.3) is 0 Å². The van der Waals surface area contributed by atoms with Crippen molar-refractivity contribution in [1.82, 2.24) is 0 Å². The van der Waals surface area contributed by atoms with Gasteiger partial charge in [-0.05, 0) is 104 Å². The lowest BCUT2D eigenvalue weighted by atomic mass is 9.68. The summed E-state index contributed by atoms with van der Waals surface area (Å²) in [5, 5.41) is 0. The van der Waals surface area contributed by atoms with Crippen LogP contribution in [0.15, 0.2) is 48.5 Å². The first kappa shape index (κ1) is 27.9. The average Bonchev–Trinajstić information content (AvgIpc) is 2.88. The van der Waals surface area contributed by atoms with Crippen LogP contribution in [-0.4, -0.2) is 0 Å². The van der Waals surface area contributed by atoms with Gasteiger partial charge in [-0.2, -0.15) is 22.0 Å². The van der Waals surface area contributed by atoms with Crippen molar-refractivity contribution in [2.24, 2.45) is 23.7 Å². The Kier molecular flexibility index (Phi) is 9.18. The molecule has 37 heavy (non-hydrogen) atoms. The van der Waals surface area contributed by atoms with E-state index < -0.39 is 17.8 Å². The average molecular weight is 523 g/mol. The molecule has 2 saturated carbocycles. The molecule has 0 bridgehead atoms. The van der Waals surface area contributed by atoms with Crippen LogP contribution in [0, 0.1) is 23.7 Å². The summed E-state index contributed by atoms with van der Waals surface area (Å²) in [6.07, 6.45) is 7.37. The van der Waals surface area contributed by atoms with E-state index in [0.717, 1.165) is 60.4 Å². The van der Waals surface area contributed by atoms with E-state index >= 15 is 0 Å². The number of halogens is 5. The summed E-state index contributed by atoms with van der Waals surface area (Å²) in [5.74, 6) is 3.17. The SMILES string of the molecule is CCCC1CCC(C2CCC(CCc3ccc(C(F)(F)Oc4ccc(C(F)(F)F)cc4)cc3)CC2)CC1. The Hall–Kier alpha value is -2.11. The molecule has 2 aliphatic rings. The molecular formula is C31H39F5O. The standard InChI is InChI=1S/C31H39F5O/c1-2-3-22-6-12-25(13-7-22)26-14-8-23(9-15-26)4-5-24-10-16-28(17-11-24)31(35,36)37-29-20-18-27(19-21-29)30(32,33)34/h10-11,16-23,25-26H,2-9,12-15H2,1H3. The Morgan fingerprint density at radius 3 is 1.62 bits per heavy atom. The van der Waals surface area contributed by atoms with E-state index in [1.807, 2.05) is 0 Å². The minimum absolute atomic E-state index is 0.313. The monoisotopic (exact) mass is 522 g/mol. The van der Waals surface area contributed by atoms with Crippen LogP contribution < -0.4 is 4.74 Å². The van der Waals surface area contributed by atoms with E-state index in [9.17, 15) is 22.0 Å². The third-order valence-electron chi connectivity index (χ3n) is 8.71. The van der Waals surface area contributed by atoms with Crippen LogP contribution in [0.25, 0.3) is 0 Å². The minimum Gasteiger partial charge on any atom is -0.429 e. The van der Waals surface area contributed by atoms with Gasteiger partial charge in [0.1, 0.15) is 5.75 Å². The largest absolute Gasteiger partial charge is 0.429 e. The maximum atomic E-state index is 14.6. The molecule has 0 amide bonds. The first-order valence-electron chi connectivity index (χ1n) is 14.0. The van der Waals surface area contributed by atoms with Crippen LogP contribution in [0.2, 0.25) is 0 Å². The zero-order valence-electron chi connectivity index (χ0n) is 21.7. The topological polar surface area (TPSA) is 9.23 Å². The molecule has 0 N–H and O–H groups in total. The normalized spacial score (nSPS) is 25.1. The van der Waals surface area contributed by atoms with Crippen molar-refractivity contribution < 1.29 is 26.7 Å². The van der Waals surface area contributed by atoms with Crippen molar-refractivity contribution >= 4 is 0 Å². The van der Waals surface area contributed by atoms with E-state index in [4.69, 9.17) is 4.74 Å². The van der Waals surface area contributed by atoms with E-state index in [0.29, 0.717) is 5.92 Å². The lowest BCUT2D eigenvalue weighted by Gasteiger charge is -2.38. The molecule has 6 heteroatoms. The second kappa shape index (κ2) is 12.2. The zero-order valence-corrected chi connectivity index (χ0v) is 21.7. The van der Waals surface area contributed by atoms with Crippen LogP contribution in [0.4, 0.5) is 22.0 Å². The summed E-state index contributed by atoms with van der Waals surface area (Å²) in [6, 6.07) is 9.42. The number of aryl methyl sites for hydroxylation is 1. The van der Waals surface area contributed by atoms with Gasteiger partial charge >= 0.3 is 12.3 Å². The molecule has 2 aromatic rings. The fourth-order valence-corrected chi connectivity index (χ4v) is 6.46. The van der Waals surface area contributed by atoms with Gasteiger partial charge in [0.05, 0.1) is 11.1 Å². The Labute approximate surface area is 217 Å². The van der Waals surface area contributed by atoms with Crippen molar-refractivity contribution in [1.29, 1.82) is 0 Å². The molecule has 2 fully saturated rings. The summed E-state index contributed by atoms with van der Waals surface area (Å²) < 4.78 is 72.0. The molecule has 0 aliphatic heterocycles. The molecule has 1 nitrogen and oxygen atoms in total. The summed E-state index contributed by atoms with van der Waals surface area (Å²) >= 11 is 0. The Bertz CT molecular complexity index is 951. The van der Waals surface area contributed by atoms with Crippen LogP contribution in [0.3, 0.4) is 0 Å². The van der Waals surface area contributed by atoms with E-state index in [2.05, 4.69) is 6.92 Å². The Balaban J connectivity index is 1.21. The predicted octanol–water partition coefficient (Wildman–Crippen LogP) is 10.2. The molecule has 2 aromatic carbocycles. The molecule has 0 unspecified atom stereocenters. The highest BCUT2D eigenvalue weighted by Crippen LogP contribution is 2.43. The molecule has 2 aliphatic carbocycles. The van der Waals surface area contributed by atoms with Crippen LogP contribution >= 0.6 is 0 Å². The van der Waals surface area contributed by atoms with Gasteiger partial charge < -0.3 is 4.74 Å². The van der Waals surface area contributed by atoms with Gasteiger partial charge in [-0.15, -0.1) is 0 Å². The van der Waals surface area contributed by atoms with Crippen molar-refractivity contribution in [2.45, 2.75) is 96.3 Å². The highest BCUT2D eigenvalue weighted by Gasteiger charge is 2.36. The van der Waals surface area contributed by atoms with Crippen LogP contribution in [-0.2, 0) is 18.7 Å². The van der Waals surface area contributed by atoms with Gasteiger partial charge in [-0.25, -0.2) is 0 Å². The first-order chi connectivity index (χ1) is 17.6. The van der Waals surface area contributed by atoms with Crippen molar-refractivity contribution in [3.63, 3.8) is 0 Å². The smallest absolute Gasteiger partial charge is 0.426 e. The fraction of sp³-hybridized carbons (Fsp3) is 0.613. The fourth-order valence-electron chi connectivity index (χ4n) is 6.46. The second-order valence-electron chi connectivity index (χ2n) is 11.2. The van der Waals surface area contributed by atoms with Gasteiger partial charge in [-0.1, -0.05) is 57.6 Å². The molecule has 0 aromatic heterocycles. The summed E-state index contributed by atoms with van der Waals surface area (Å²) in [5.41, 5.74) is -0.202. The number of alkyl halides is 5. The Morgan fingerprint density at radius 2 is 1.14 bits per heavy atom. The van der Waals surface area contributed by atoms with Gasteiger partial charge in [0.15, 0.2) is 0 Å². The van der Waals surface area contributed by atoms with Gasteiger partial charge in [0, 0.05) is 0 Å². The lowest BCUT2D eigenvalue weighted by Crippen LogP contribution is -2.26. The van der Waals surface area contributed by atoms with E-state index in [1.54, 1.807) is 12.1 Å². The number of ether oxygens (including phenoxy) is 1. The molecule has 204 valence electrons. The van der Waals surface area contributed by atoms with Crippen LogP contribution in [0.5, 0.6) is 5.75 Å². The quantitative estimate of drug-likeness (QED) is 0.298. The van der Waals surface area contributed by atoms with E-state index in [1.165, 1.54) is 76.3 Å². The maximum Gasteiger partial charge on any atom is 0.426 e. The molecule has 0 heterocycles. The second-order valence-corrected chi connectivity index (χ2v) is 11.2. The summed E-state index contributed by atoms with van der Waals surface area (Å²) in [7, 11) is 0. The Morgan fingerprint density at radius 1 is 0.649 bits per heavy atom. The number of benzene rings is 2. The van der Waals surface area contributed by atoms with E-state index in [-0.39, 0.29) is 11.3 Å². The maximum absolute atomic E-state index is 14.6. The number of rotatable bonds is 9. The molecular weight excluding hydrogens is 483 g/mol. The molecule has 0 saturated heterocycles. The molecule has 4 rings (SSSR count). The predicted molar refractivity (Wildman–Crippen MR) is 137 cm³/mol. The highest BCUT2D eigenvalue weighted by atomic mass is 19.4. The molecule has 0 spiro atoms. The number of hydrogen-bond donors (Lipinski definition) is 0. The summed E-state index contributed by atoms with van der Waals surface area (Å²) in [4.78, 5) is 0. The minimum atomic E-state index is -4.52. The first-order valence-corrected chi connectivity index (χ1v) is 14.0. The van der Waals surface area contributed by atoms with Crippen molar-refractivity contribution in [2.75, 3.05) is 0 Å².